The van der Waals surface area contributed by atoms with Crippen LogP contribution in [0.4, 0.5) is 0 Å². The molecular weight excluding hydrogens is 338 g/mol. The minimum atomic E-state index is -0.0457. The molecule has 0 saturated carbocycles. The molecule has 2 aromatic carbocycles. The Kier molecular flexibility index (Phi) is 6.39. The lowest BCUT2D eigenvalue weighted by Gasteiger charge is -2.06. The summed E-state index contributed by atoms with van der Waals surface area (Å²) in [6, 6.07) is 17.6. The fourth-order valence-electron chi connectivity index (χ4n) is 2.96. The minimum absolute atomic E-state index is 0.0457. The molecule has 3 aromatic rings. The van der Waals surface area contributed by atoms with Crippen LogP contribution in [0.1, 0.15) is 33.6 Å². The average Bonchev–Trinajstić information content (AvgIpc) is 3.07. The zero-order valence-corrected chi connectivity index (χ0v) is 15.8. The lowest BCUT2D eigenvalue weighted by molar-refractivity contribution is 0.0953. The number of hydrogen-bond donors (Lipinski definition) is 1. The first-order valence-corrected chi connectivity index (χ1v) is 9.14. The second-order valence-corrected chi connectivity index (χ2v) is 6.51. The molecule has 3 rings (SSSR count). The van der Waals surface area contributed by atoms with Gasteiger partial charge in [0, 0.05) is 25.4 Å². The molecule has 0 bridgehead atoms. The van der Waals surface area contributed by atoms with Crippen molar-refractivity contribution in [2.75, 3.05) is 13.7 Å². The number of methoxy groups -OCH3 is 1. The van der Waals surface area contributed by atoms with Gasteiger partial charge in [0.05, 0.1) is 18.0 Å². The Morgan fingerprint density at radius 3 is 2.56 bits per heavy atom. The molecule has 1 aromatic heterocycles. The van der Waals surface area contributed by atoms with Gasteiger partial charge in [0.15, 0.2) is 0 Å². The van der Waals surface area contributed by atoms with Crippen molar-refractivity contribution in [3.63, 3.8) is 0 Å². The van der Waals surface area contributed by atoms with Crippen molar-refractivity contribution in [3.05, 3.63) is 83.2 Å². The molecule has 5 heteroatoms. The Labute approximate surface area is 160 Å². The van der Waals surface area contributed by atoms with E-state index >= 15 is 0 Å². The number of nitrogens with zero attached hydrogens (tertiary/aromatic N) is 2. The van der Waals surface area contributed by atoms with Gasteiger partial charge in [-0.15, -0.1) is 0 Å². The smallest absolute Gasteiger partial charge is 0.251 e. The maximum atomic E-state index is 12.2. The lowest BCUT2D eigenvalue weighted by atomic mass is 10.1. The van der Waals surface area contributed by atoms with Crippen LogP contribution in [0, 0.1) is 6.92 Å². The predicted molar refractivity (Wildman–Crippen MR) is 106 cm³/mol. The van der Waals surface area contributed by atoms with Crippen LogP contribution in [0.25, 0.3) is 5.69 Å². The number of hydrogen-bond acceptors (Lipinski definition) is 3. The number of carbonyl (C=O) groups is 1. The first kappa shape index (κ1) is 18.9. The monoisotopic (exact) mass is 363 g/mol. The first-order valence-electron chi connectivity index (χ1n) is 9.14. The molecule has 0 spiro atoms. The highest BCUT2D eigenvalue weighted by atomic mass is 16.5. The van der Waals surface area contributed by atoms with Crippen molar-refractivity contribution in [3.8, 4) is 5.69 Å². The summed E-state index contributed by atoms with van der Waals surface area (Å²) in [6.45, 7) is 3.21. The van der Waals surface area contributed by atoms with Gasteiger partial charge >= 0.3 is 0 Å². The number of nitrogens with one attached hydrogen (secondary N) is 1. The molecule has 0 aliphatic rings. The SMILES string of the molecule is COCc1ccc(C(=O)NCCCc2cn(-c3ccccc3)nc2C)cc1. The van der Waals surface area contributed by atoms with E-state index < -0.39 is 0 Å². The molecular formula is C22H25N3O2. The first-order chi connectivity index (χ1) is 13.2. The molecule has 1 N–H and O–H groups in total. The van der Waals surface area contributed by atoms with E-state index in [0.29, 0.717) is 18.7 Å². The Morgan fingerprint density at radius 1 is 1.11 bits per heavy atom. The van der Waals surface area contributed by atoms with E-state index in [1.807, 2.05) is 66.2 Å². The van der Waals surface area contributed by atoms with E-state index in [4.69, 9.17) is 4.74 Å². The van der Waals surface area contributed by atoms with E-state index in [9.17, 15) is 4.79 Å². The molecule has 5 nitrogen and oxygen atoms in total. The topological polar surface area (TPSA) is 56.1 Å². The number of carbonyl (C=O) groups excluding carboxylic acids is 1. The van der Waals surface area contributed by atoms with Crippen molar-refractivity contribution >= 4 is 5.91 Å². The largest absolute Gasteiger partial charge is 0.380 e. The molecule has 1 amide bonds. The number of amides is 1. The quantitative estimate of drug-likeness (QED) is 0.621. The van der Waals surface area contributed by atoms with Crippen LogP contribution in [0.5, 0.6) is 0 Å². The van der Waals surface area contributed by atoms with Gasteiger partial charge in [-0.1, -0.05) is 30.3 Å². The van der Waals surface area contributed by atoms with Gasteiger partial charge in [0.2, 0.25) is 0 Å². The molecule has 0 unspecified atom stereocenters. The van der Waals surface area contributed by atoms with Crippen LogP contribution in [-0.4, -0.2) is 29.3 Å². The van der Waals surface area contributed by atoms with Crippen molar-refractivity contribution in [1.82, 2.24) is 15.1 Å². The second kappa shape index (κ2) is 9.14. The molecule has 0 aliphatic carbocycles. The Balaban J connectivity index is 1.49. The van der Waals surface area contributed by atoms with E-state index in [1.165, 1.54) is 5.56 Å². The van der Waals surface area contributed by atoms with Gasteiger partial charge < -0.3 is 10.1 Å². The maximum Gasteiger partial charge on any atom is 0.251 e. The van der Waals surface area contributed by atoms with E-state index in [2.05, 4.69) is 16.6 Å². The maximum absolute atomic E-state index is 12.2. The van der Waals surface area contributed by atoms with Crippen LogP contribution in [0.3, 0.4) is 0 Å². The summed E-state index contributed by atoms with van der Waals surface area (Å²) in [6.07, 6.45) is 3.82. The fraction of sp³-hybridized carbons (Fsp3) is 0.273. The molecule has 0 saturated heterocycles. The van der Waals surface area contributed by atoms with Crippen LogP contribution in [0.15, 0.2) is 60.8 Å². The van der Waals surface area contributed by atoms with E-state index in [0.717, 1.165) is 29.8 Å². The third kappa shape index (κ3) is 5.05. The normalized spacial score (nSPS) is 10.7. The zero-order chi connectivity index (χ0) is 19.1. The third-order valence-corrected chi connectivity index (χ3v) is 4.46. The molecule has 0 fully saturated rings. The van der Waals surface area contributed by atoms with Crippen molar-refractivity contribution in [1.29, 1.82) is 0 Å². The Morgan fingerprint density at radius 2 is 1.85 bits per heavy atom. The van der Waals surface area contributed by atoms with Gasteiger partial charge in [0.25, 0.3) is 5.91 Å². The number of aromatic nitrogens is 2. The number of aryl methyl sites for hydroxylation is 2. The summed E-state index contributed by atoms with van der Waals surface area (Å²) in [4.78, 5) is 12.2. The van der Waals surface area contributed by atoms with E-state index in [1.54, 1.807) is 7.11 Å². The van der Waals surface area contributed by atoms with E-state index in [-0.39, 0.29) is 5.91 Å². The van der Waals surface area contributed by atoms with Crippen molar-refractivity contribution in [2.45, 2.75) is 26.4 Å². The summed E-state index contributed by atoms with van der Waals surface area (Å²) in [5, 5.41) is 7.57. The highest BCUT2D eigenvalue weighted by Crippen LogP contribution is 2.13. The molecule has 140 valence electrons. The average molecular weight is 363 g/mol. The van der Waals surface area contributed by atoms with Crippen LogP contribution < -0.4 is 5.32 Å². The van der Waals surface area contributed by atoms with Crippen LogP contribution in [-0.2, 0) is 17.8 Å². The number of para-hydroxylation sites is 1. The highest BCUT2D eigenvalue weighted by molar-refractivity contribution is 5.94. The van der Waals surface area contributed by atoms with Crippen LogP contribution >= 0.6 is 0 Å². The van der Waals surface area contributed by atoms with Crippen molar-refractivity contribution < 1.29 is 9.53 Å². The fourth-order valence-corrected chi connectivity index (χ4v) is 2.96. The van der Waals surface area contributed by atoms with Gasteiger partial charge in [-0.25, -0.2) is 4.68 Å². The lowest BCUT2D eigenvalue weighted by Crippen LogP contribution is -2.24. The summed E-state index contributed by atoms with van der Waals surface area (Å²) in [5.74, 6) is -0.0457. The summed E-state index contributed by atoms with van der Waals surface area (Å²) in [7, 11) is 1.66. The zero-order valence-electron chi connectivity index (χ0n) is 15.8. The summed E-state index contributed by atoms with van der Waals surface area (Å²) < 4.78 is 6.99. The molecule has 1 heterocycles. The standard InChI is InChI=1S/C22H25N3O2/c1-17-20(15-25(24-17)21-8-4-3-5-9-21)7-6-14-23-22(26)19-12-10-18(11-13-19)16-27-2/h3-5,8-13,15H,6-7,14,16H2,1-2H3,(H,23,26). The van der Waals surface area contributed by atoms with Gasteiger partial charge in [-0.3, -0.25) is 4.79 Å². The van der Waals surface area contributed by atoms with Gasteiger partial charge in [0.1, 0.15) is 0 Å². The Hall–Kier alpha value is -2.92. The van der Waals surface area contributed by atoms with Gasteiger partial charge in [-0.2, -0.15) is 5.10 Å². The molecule has 0 aliphatic heterocycles. The molecule has 27 heavy (non-hydrogen) atoms. The number of rotatable bonds is 8. The minimum Gasteiger partial charge on any atom is -0.380 e. The molecule has 0 radical (unpaired) electrons. The molecule has 0 atom stereocenters. The van der Waals surface area contributed by atoms with Gasteiger partial charge in [-0.05, 0) is 55.2 Å². The van der Waals surface area contributed by atoms with Crippen molar-refractivity contribution in [2.24, 2.45) is 0 Å². The predicted octanol–water partition coefficient (Wildman–Crippen LogP) is 3.69. The highest BCUT2D eigenvalue weighted by Gasteiger charge is 2.08. The second-order valence-electron chi connectivity index (χ2n) is 6.51. The number of ether oxygens (including phenoxy) is 1. The summed E-state index contributed by atoms with van der Waals surface area (Å²) >= 11 is 0. The third-order valence-electron chi connectivity index (χ3n) is 4.46. The van der Waals surface area contributed by atoms with Crippen LogP contribution in [0.2, 0.25) is 0 Å². The Bertz CT molecular complexity index is 870. The summed E-state index contributed by atoms with van der Waals surface area (Å²) in [5.41, 5.74) is 5.01. The number of benzene rings is 2.